The van der Waals surface area contributed by atoms with E-state index in [1.165, 1.54) is 0 Å². The maximum absolute atomic E-state index is 13.4. The van der Waals surface area contributed by atoms with Gasteiger partial charge in [-0.2, -0.15) is 0 Å². The first-order chi connectivity index (χ1) is 7.69. The molecular formula is C12H16BrF2N. The van der Waals surface area contributed by atoms with Crippen LogP contribution in [0.3, 0.4) is 0 Å². The van der Waals surface area contributed by atoms with Gasteiger partial charge in [0.1, 0.15) is 0 Å². The lowest BCUT2D eigenvalue weighted by molar-refractivity contribution is 0.276. The van der Waals surface area contributed by atoms with Crippen molar-refractivity contribution in [3.05, 3.63) is 35.4 Å². The third-order valence-corrected chi connectivity index (χ3v) is 3.04. The van der Waals surface area contributed by atoms with E-state index in [1.807, 2.05) is 6.92 Å². The molecule has 0 bridgehead atoms. The Bertz CT molecular complexity index is 331. The Labute approximate surface area is 104 Å². The Kier molecular flexibility index (Phi) is 5.91. The minimum atomic E-state index is -0.769. The van der Waals surface area contributed by atoms with Crippen molar-refractivity contribution >= 4 is 15.9 Å². The van der Waals surface area contributed by atoms with Gasteiger partial charge < -0.3 is 0 Å². The summed E-state index contributed by atoms with van der Waals surface area (Å²) in [6.07, 6.45) is 1.00. The third-order valence-electron chi connectivity index (χ3n) is 2.48. The average Bonchev–Trinajstić information content (AvgIpc) is 2.30. The molecule has 0 fully saturated rings. The van der Waals surface area contributed by atoms with Gasteiger partial charge in [0.05, 0.1) is 0 Å². The normalized spacial score (nSPS) is 11.1. The molecule has 0 saturated heterocycles. The zero-order valence-corrected chi connectivity index (χ0v) is 10.9. The summed E-state index contributed by atoms with van der Waals surface area (Å²) < 4.78 is 26.4. The van der Waals surface area contributed by atoms with E-state index in [4.69, 9.17) is 0 Å². The number of alkyl halides is 1. The molecule has 90 valence electrons. The first-order valence-corrected chi connectivity index (χ1v) is 6.52. The van der Waals surface area contributed by atoms with Crippen molar-refractivity contribution in [1.29, 1.82) is 0 Å². The lowest BCUT2D eigenvalue weighted by atomic mass is 10.2. The molecule has 1 nitrogen and oxygen atoms in total. The second-order valence-corrected chi connectivity index (χ2v) is 4.42. The molecule has 1 aromatic carbocycles. The van der Waals surface area contributed by atoms with E-state index in [0.29, 0.717) is 12.1 Å². The molecule has 4 heteroatoms. The van der Waals surface area contributed by atoms with Gasteiger partial charge in [-0.3, -0.25) is 4.90 Å². The molecule has 0 N–H and O–H groups in total. The Morgan fingerprint density at radius 1 is 1.31 bits per heavy atom. The summed E-state index contributed by atoms with van der Waals surface area (Å²) >= 11 is 3.36. The highest BCUT2D eigenvalue weighted by Crippen LogP contribution is 2.13. The van der Waals surface area contributed by atoms with Crippen molar-refractivity contribution in [2.24, 2.45) is 0 Å². The maximum Gasteiger partial charge on any atom is 0.163 e. The van der Waals surface area contributed by atoms with E-state index in [2.05, 4.69) is 20.8 Å². The molecule has 1 rings (SSSR count). The molecule has 0 spiro atoms. The molecule has 0 unspecified atom stereocenters. The predicted molar refractivity (Wildman–Crippen MR) is 65.7 cm³/mol. The van der Waals surface area contributed by atoms with Crippen molar-refractivity contribution < 1.29 is 8.78 Å². The fourth-order valence-electron chi connectivity index (χ4n) is 1.54. The SMILES string of the molecule is CCN(CCCBr)Cc1cccc(F)c1F. The number of hydrogen-bond acceptors (Lipinski definition) is 1. The van der Waals surface area contributed by atoms with Crippen LogP contribution < -0.4 is 0 Å². The highest BCUT2D eigenvalue weighted by atomic mass is 79.9. The van der Waals surface area contributed by atoms with E-state index < -0.39 is 11.6 Å². The van der Waals surface area contributed by atoms with Crippen LogP contribution in [0.2, 0.25) is 0 Å². The van der Waals surface area contributed by atoms with Crippen LogP contribution in [0.15, 0.2) is 18.2 Å². The molecule has 0 aromatic heterocycles. The highest BCUT2D eigenvalue weighted by Gasteiger charge is 2.10. The van der Waals surface area contributed by atoms with Crippen LogP contribution in [-0.2, 0) is 6.54 Å². The molecule has 0 atom stereocenters. The zero-order valence-electron chi connectivity index (χ0n) is 9.35. The summed E-state index contributed by atoms with van der Waals surface area (Å²) in [5, 5.41) is 0.926. The van der Waals surface area contributed by atoms with Gasteiger partial charge in [-0.25, -0.2) is 8.78 Å². The number of hydrogen-bond donors (Lipinski definition) is 0. The van der Waals surface area contributed by atoms with Crippen molar-refractivity contribution in [1.82, 2.24) is 4.90 Å². The second-order valence-electron chi connectivity index (χ2n) is 3.62. The van der Waals surface area contributed by atoms with Gasteiger partial charge >= 0.3 is 0 Å². The fraction of sp³-hybridized carbons (Fsp3) is 0.500. The van der Waals surface area contributed by atoms with Gasteiger partial charge in [0.2, 0.25) is 0 Å². The van der Waals surface area contributed by atoms with Gasteiger partial charge in [0.25, 0.3) is 0 Å². The third kappa shape index (κ3) is 3.83. The molecule has 1 aromatic rings. The zero-order chi connectivity index (χ0) is 12.0. The summed E-state index contributed by atoms with van der Waals surface area (Å²) in [6.45, 7) is 4.21. The minimum Gasteiger partial charge on any atom is -0.299 e. The number of benzene rings is 1. The number of nitrogens with zero attached hydrogens (tertiary/aromatic N) is 1. The molecule has 16 heavy (non-hydrogen) atoms. The Morgan fingerprint density at radius 3 is 2.69 bits per heavy atom. The Balaban J connectivity index is 2.66. The summed E-state index contributed by atoms with van der Waals surface area (Å²) in [4.78, 5) is 2.10. The monoisotopic (exact) mass is 291 g/mol. The van der Waals surface area contributed by atoms with Gasteiger partial charge in [-0.05, 0) is 25.6 Å². The predicted octanol–water partition coefficient (Wildman–Crippen LogP) is 3.57. The molecule has 0 aliphatic rings. The second kappa shape index (κ2) is 6.97. The maximum atomic E-state index is 13.4. The summed E-state index contributed by atoms with van der Waals surface area (Å²) in [6, 6.07) is 4.33. The Morgan fingerprint density at radius 2 is 2.06 bits per heavy atom. The minimum absolute atomic E-state index is 0.427. The largest absolute Gasteiger partial charge is 0.299 e. The topological polar surface area (TPSA) is 3.24 Å². The highest BCUT2D eigenvalue weighted by molar-refractivity contribution is 9.09. The van der Waals surface area contributed by atoms with Crippen LogP contribution in [0, 0.1) is 11.6 Å². The first-order valence-electron chi connectivity index (χ1n) is 5.40. The lowest BCUT2D eigenvalue weighted by Crippen LogP contribution is -2.25. The van der Waals surface area contributed by atoms with Crippen molar-refractivity contribution in [3.8, 4) is 0 Å². The molecule has 0 aliphatic heterocycles. The van der Waals surface area contributed by atoms with E-state index in [0.717, 1.165) is 30.9 Å². The first kappa shape index (κ1) is 13.6. The van der Waals surface area contributed by atoms with E-state index in [9.17, 15) is 8.78 Å². The summed E-state index contributed by atoms with van der Waals surface area (Å²) in [5.41, 5.74) is 0.427. The molecule has 0 saturated carbocycles. The smallest absolute Gasteiger partial charge is 0.163 e. The standard InChI is InChI=1S/C12H16BrF2N/c1-2-16(8-4-7-13)9-10-5-3-6-11(14)12(10)15/h3,5-6H,2,4,7-9H2,1H3. The molecule has 0 radical (unpaired) electrons. The van der Waals surface area contributed by atoms with Crippen LogP contribution in [0.4, 0.5) is 8.78 Å². The summed E-state index contributed by atoms with van der Waals surface area (Å²) in [5.74, 6) is -1.49. The van der Waals surface area contributed by atoms with E-state index >= 15 is 0 Å². The molecule has 0 amide bonds. The van der Waals surface area contributed by atoms with Crippen LogP contribution in [0.25, 0.3) is 0 Å². The number of halogens is 3. The van der Waals surface area contributed by atoms with Gasteiger partial charge in [0, 0.05) is 17.4 Å². The van der Waals surface area contributed by atoms with Crippen molar-refractivity contribution in [2.75, 3.05) is 18.4 Å². The van der Waals surface area contributed by atoms with Crippen LogP contribution in [0.1, 0.15) is 18.9 Å². The average molecular weight is 292 g/mol. The summed E-state index contributed by atoms with van der Waals surface area (Å²) in [7, 11) is 0. The van der Waals surface area contributed by atoms with Gasteiger partial charge in [0.15, 0.2) is 11.6 Å². The van der Waals surface area contributed by atoms with E-state index in [-0.39, 0.29) is 0 Å². The molecular weight excluding hydrogens is 276 g/mol. The van der Waals surface area contributed by atoms with Crippen LogP contribution in [0.5, 0.6) is 0 Å². The van der Waals surface area contributed by atoms with Gasteiger partial charge in [-0.15, -0.1) is 0 Å². The lowest BCUT2D eigenvalue weighted by Gasteiger charge is -2.20. The number of rotatable bonds is 6. The Hall–Kier alpha value is -0.480. The van der Waals surface area contributed by atoms with Crippen LogP contribution in [-0.4, -0.2) is 23.3 Å². The van der Waals surface area contributed by atoms with Crippen molar-refractivity contribution in [3.63, 3.8) is 0 Å². The van der Waals surface area contributed by atoms with E-state index in [1.54, 1.807) is 12.1 Å². The van der Waals surface area contributed by atoms with Gasteiger partial charge in [-0.1, -0.05) is 35.0 Å². The quantitative estimate of drug-likeness (QED) is 0.724. The molecule has 0 aliphatic carbocycles. The molecule has 0 heterocycles. The van der Waals surface area contributed by atoms with Crippen LogP contribution >= 0.6 is 15.9 Å². The van der Waals surface area contributed by atoms with Crippen molar-refractivity contribution in [2.45, 2.75) is 19.9 Å². The fourth-order valence-corrected chi connectivity index (χ4v) is 1.79.